The second kappa shape index (κ2) is 8.42. The van der Waals surface area contributed by atoms with Crippen molar-refractivity contribution in [3.05, 3.63) is 83.6 Å². The van der Waals surface area contributed by atoms with E-state index in [2.05, 4.69) is 9.97 Å². The van der Waals surface area contributed by atoms with E-state index < -0.39 is 29.0 Å². The van der Waals surface area contributed by atoms with Crippen LogP contribution in [0.15, 0.2) is 65.4 Å². The molecule has 3 heterocycles. The van der Waals surface area contributed by atoms with Crippen LogP contribution in [0, 0.1) is 0 Å². The molecule has 3 aromatic heterocycles. The SMILES string of the molecule is O=C(O)c1oc(C(=O)c2c[nH]c3c(C=CCCO)cccc23)c(O)c1-c1c[nH]c2ccccc12. The van der Waals surface area contributed by atoms with Gasteiger partial charge in [-0.25, -0.2) is 4.79 Å². The molecular weight excluding hydrogens is 436 g/mol. The highest BCUT2D eigenvalue weighted by molar-refractivity contribution is 6.18. The van der Waals surface area contributed by atoms with Crippen LogP contribution in [0.4, 0.5) is 0 Å². The number of fused-ring (bicyclic) bond motifs is 2. The molecule has 0 aliphatic heterocycles. The Morgan fingerprint density at radius 2 is 1.76 bits per heavy atom. The Morgan fingerprint density at radius 1 is 0.971 bits per heavy atom. The minimum Gasteiger partial charge on any atom is -0.504 e. The smallest absolute Gasteiger partial charge is 0.372 e. The molecule has 5 rings (SSSR count). The number of hydrogen-bond donors (Lipinski definition) is 5. The maximum atomic E-state index is 13.4. The third kappa shape index (κ3) is 3.37. The van der Waals surface area contributed by atoms with E-state index in [1.54, 1.807) is 30.5 Å². The zero-order valence-electron chi connectivity index (χ0n) is 17.8. The number of para-hydroxylation sites is 2. The van der Waals surface area contributed by atoms with E-state index in [0.717, 1.165) is 11.1 Å². The number of carbonyl (C=O) groups is 2. The fourth-order valence-corrected chi connectivity index (χ4v) is 4.17. The number of ketones is 1. The molecular formula is C26H20N2O6. The molecule has 5 aromatic rings. The summed E-state index contributed by atoms with van der Waals surface area (Å²) in [7, 11) is 0. The molecule has 0 saturated heterocycles. The quantitative estimate of drug-likeness (QED) is 0.220. The average molecular weight is 456 g/mol. The third-order valence-electron chi connectivity index (χ3n) is 5.73. The molecule has 0 bridgehead atoms. The van der Waals surface area contributed by atoms with Crippen LogP contribution in [0.5, 0.6) is 5.75 Å². The summed E-state index contributed by atoms with van der Waals surface area (Å²) < 4.78 is 5.46. The van der Waals surface area contributed by atoms with E-state index in [1.807, 2.05) is 30.4 Å². The van der Waals surface area contributed by atoms with Crippen molar-refractivity contribution < 1.29 is 29.3 Å². The number of nitrogens with one attached hydrogen (secondary N) is 2. The summed E-state index contributed by atoms with van der Waals surface area (Å²) in [6, 6.07) is 12.6. The summed E-state index contributed by atoms with van der Waals surface area (Å²) in [4.78, 5) is 31.5. The monoisotopic (exact) mass is 456 g/mol. The molecule has 0 aliphatic rings. The van der Waals surface area contributed by atoms with Gasteiger partial charge in [-0.3, -0.25) is 4.79 Å². The first-order valence-electron chi connectivity index (χ1n) is 10.6. The zero-order valence-corrected chi connectivity index (χ0v) is 17.8. The summed E-state index contributed by atoms with van der Waals surface area (Å²) in [6.07, 6.45) is 7.24. The highest BCUT2D eigenvalue weighted by atomic mass is 16.4. The molecule has 170 valence electrons. The fourth-order valence-electron chi connectivity index (χ4n) is 4.17. The average Bonchev–Trinajstić information content (AvgIpc) is 3.54. The Balaban J connectivity index is 1.64. The molecule has 0 amide bonds. The van der Waals surface area contributed by atoms with Crippen molar-refractivity contribution in [1.29, 1.82) is 0 Å². The van der Waals surface area contributed by atoms with Crippen molar-refractivity contribution in [2.75, 3.05) is 6.61 Å². The van der Waals surface area contributed by atoms with Crippen molar-refractivity contribution in [3.63, 3.8) is 0 Å². The van der Waals surface area contributed by atoms with E-state index in [0.29, 0.717) is 28.3 Å². The lowest BCUT2D eigenvalue weighted by Crippen LogP contribution is -1.99. The first-order valence-corrected chi connectivity index (χ1v) is 10.6. The number of aromatic nitrogens is 2. The molecule has 0 spiro atoms. The summed E-state index contributed by atoms with van der Waals surface area (Å²) in [5.74, 6) is -3.53. The van der Waals surface area contributed by atoms with Crippen LogP contribution in [-0.4, -0.2) is 43.6 Å². The van der Waals surface area contributed by atoms with Crippen LogP contribution < -0.4 is 0 Å². The molecule has 0 unspecified atom stereocenters. The number of aliphatic hydroxyl groups excluding tert-OH is 1. The minimum absolute atomic E-state index is 0.0311. The Bertz CT molecular complexity index is 1580. The molecule has 0 radical (unpaired) electrons. The molecule has 0 fully saturated rings. The number of benzene rings is 2. The second-order valence-corrected chi connectivity index (χ2v) is 7.75. The van der Waals surface area contributed by atoms with Gasteiger partial charge < -0.3 is 29.7 Å². The van der Waals surface area contributed by atoms with Gasteiger partial charge in [-0.05, 0) is 18.1 Å². The van der Waals surface area contributed by atoms with Gasteiger partial charge in [0.15, 0.2) is 5.75 Å². The van der Waals surface area contributed by atoms with Crippen LogP contribution >= 0.6 is 0 Å². The topological polar surface area (TPSA) is 140 Å². The van der Waals surface area contributed by atoms with Crippen molar-refractivity contribution >= 4 is 39.6 Å². The first-order chi connectivity index (χ1) is 16.5. The van der Waals surface area contributed by atoms with E-state index in [1.165, 1.54) is 6.20 Å². The van der Waals surface area contributed by atoms with Crippen molar-refractivity contribution in [3.8, 4) is 16.9 Å². The van der Waals surface area contributed by atoms with Gasteiger partial charge in [0.05, 0.1) is 16.6 Å². The molecule has 5 N–H and O–H groups in total. The zero-order chi connectivity index (χ0) is 23.8. The predicted octanol–water partition coefficient (Wildman–Crippen LogP) is 4.94. The van der Waals surface area contributed by atoms with E-state index in [4.69, 9.17) is 9.52 Å². The van der Waals surface area contributed by atoms with Gasteiger partial charge in [0.25, 0.3) is 0 Å². The highest BCUT2D eigenvalue weighted by Crippen LogP contribution is 2.42. The number of furan rings is 1. The number of aromatic carboxylic acids is 1. The van der Waals surface area contributed by atoms with Crippen molar-refractivity contribution in [1.82, 2.24) is 9.97 Å². The lowest BCUT2D eigenvalue weighted by molar-refractivity contribution is 0.0661. The summed E-state index contributed by atoms with van der Waals surface area (Å²) in [5, 5.41) is 31.0. The number of H-pyrrole nitrogens is 2. The summed E-state index contributed by atoms with van der Waals surface area (Å²) in [6.45, 7) is 0.0311. The second-order valence-electron chi connectivity index (χ2n) is 7.75. The van der Waals surface area contributed by atoms with E-state index in [-0.39, 0.29) is 17.7 Å². The standard InChI is InChI=1S/C26H20N2O6/c29-11-4-3-6-14-7-5-9-16-18(13-28-21(14)16)22(30)25-23(31)20(24(34-25)26(32)33)17-12-27-19-10-2-1-8-15(17)19/h1-3,5-10,12-13,27-29,31H,4,11H2,(H,32,33). The molecule has 8 nitrogen and oxygen atoms in total. The highest BCUT2D eigenvalue weighted by Gasteiger charge is 2.32. The van der Waals surface area contributed by atoms with E-state index >= 15 is 0 Å². The van der Waals surface area contributed by atoms with Gasteiger partial charge in [-0.2, -0.15) is 0 Å². The summed E-state index contributed by atoms with van der Waals surface area (Å²) >= 11 is 0. The molecule has 8 heteroatoms. The van der Waals surface area contributed by atoms with Gasteiger partial charge in [0.2, 0.25) is 17.3 Å². The Hall–Kier alpha value is -4.56. The number of carboxylic acids is 1. The normalized spacial score (nSPS) is 11.7. The van der Waals surface area contributed by atoms with Crippen LogP contribution in [0.1, 0.15) is 38.7 Å². The number of carbonyl (C=O) groups excluding carboxylic acids is 1. The predicted molar refractivity (Wildman–Crippen MR) is 127 cm³/mol. The first kappa shape index (κ1) is 21.3. The summed E-state index contributed by atoms with van der Waals surface area (Å²) in [5.41, 5.74) is 2.87. The molecule has 0 saturated carbocycles. The molecule has 0 aliphatic carbocycles. The van der Waals surface area contributed by atoms with Gasteiger partial charge in [0, 0.05) is 40.9 Å². The van der Waals surface area contributed by atoms with Gasteiger partial charge in [-0.1, -0.05) is 48.6 Å². The van der Waals surface area contributed by atoms with Gasteiger partial charge in [0.1, 0.15) is 0 Å². The van der Waals surface area contributed by atoms with Crippen LogP contribution in [0.2, 0.25) is 0 Å². The number of aromatic amines is 2. The molecule has 2 aromatic carbocycles. The maximum absolute atomic E-state index is 13.4. The Labute approximate surface area is 192 Å². The maximum Gasteiger partial charge on any atom is 0.372 e. The van der Waals surface area contributed by atoms with Crippen molar-refractivity contribution in [2.24, 2.45) is 0 Å². The largest absolute Gasteiger partial charge is 0.504 e. The number of aliphatic hydroxyl groups is 1. The lowest BCUT2D eigenvalue weighted by Gasteiger charge is -2.00. The minimum atomic E-state index is -1.40. The van der Waals surface area contributed by atoms with Gasteiger partial charge >= 0.3 is 5.97 Å². The van der Waals surface area contributed by atoms with Crippen LogP contribution in [-0.2, 0) is 0 Å². The Morgan fingerprint density at radius 3 is 2.56 bits per heavy atom. The molecule has 0 atom stereocenters. The third-order valence-corrected chi connectivity index (χ3v) is 5.73. The van der Waals surface area contributed by atoms with Crippen LogP contribution in [0.25, 0.3) is 39.0 Å². The molecule has 34 heavy (non-hydrogen) atoms. The lowest BCUT2D eigenvalue weighted by atomic mass is 10.0. The van der Waals surface area contributed by atoms with Gasteiger partial charge in [-0.15, -0.1) is 0 Å². The number of rotatable bonds is 7. The number of carboxylic acid groups (broad SMARTS) is 1. The number of hydrogen-bond acceptors (Lipinski definition) is 5. The number of aromatic hydroxyl groups is 1. The van der Waals surface area contributed by atoms with Crippen LogP contribution in [0.3, 0.4) is 0 Å². The Kier molecular flexibility index (Phi) is 5.27. The van der Waals surface area contributed by atoms with E-state index in [9.17, 15) is 19.8 Å². The van der Waals surface area contributed by atoms with Crippen molar-refractivity contribution in [2.45, 2.75) is 6.42 Å². The fraction of sp³-hybridized carbons (Fsp3) is 0.0769.